The average molecular weight is 340 g/mol. The van der Waals surface area contributed by atoms with Crippen LogP contribution in [0.3, 0.4) is 0 Å². The van der Waals surface area contributed by atoms with E-state index in [0.717, 1.165) is 21.1 Å². The zero-order valence-corrected chi connectivity index (χ0v) is 14.7. The lowest BCUT2D eigenvalue weighted by atomic mass is 10.1. The summed E-state index contributed by atoms with van der Waals surface area (Å²) < 4.78 is 10.5. The lowest BCUT2D eigenvalue weighted by Crippen LogP contribution is -2.07. The van der Waals surface area contributed by atoms with Crippen LogP contribution in [0.2, 0.25) is 0 Å². The van der Waals surface area contributed by atoms with E-state index in [-0.39, 0.29) is 5.97 Å². The maximum Gasteiger partial charge on any atom is 0.310 e. The second-order valence-corrected chi connectivity index (χ2v) is 6.06. The molecule has 0 heterocycles. The Morgan fingerprint density at radius 1 is 1.04 bits per heavy atom. The summed E-state index contributed by atoms with van der Waals surface area (Å²) in [6.07, 6.45) is 0.311. The van der Waals surface area contributed by atoms with Crippen LogP contribution in [0.25, 0.3) is 0 Å². The van der Waals surface area contributed by atoms with Gasteiger partial charge in [0.2, 0.25) is 0 Å². The van der Waals surface area contributed by atoms with Crippen LogP contribution < -0.4 is 4.74 Å². The number of rotatable bonds is 7. The zero-order chi connectivity index (χ0) is 17.2. The van der Waals surface area contributed by atoms with Gasteiger partial charge < -0.3 is 9.47 Å². The second-order valence-electron chi connectivity index (χ2n) is 4.91. The Morgan fingerprint density at radius 3 is 2.25 bits per heavy atom. The van der Waals surface area contributed by atoms with Crippen LogP contribution in [-0.4, -0.2) is 19.2 Å². The van der Waals surface area contributed by atoms with Crippen molar-refractivity contribution in [3.05, 3.63) is 54.1 Å². The minimum absolute atomic E-state index is 0.193. The highest BCUT2D eigenvalue weighted by Gasteiger charge is 2.04. The first kappa shape index (κ1) is 18.0. The van der Waals surface area contributed by atoms with E-state index in [1.54, 1.807) is 18.7 Å². The van der Waals surface area contributed by atoms with E-state index in [4.69, 9.17) is 9.47 Å². The van der Waals surface area contributed by atoms with Crippen LogP contribution in [0, 0.1) is 11.8 Å². The Bertz CT molecular complexity index is 709. The van der Waals surface area contributed by atoms with Gasteiger partial charge in [-0.1, -0.05) is 29.8 Å². The van der Waals surface area contributed by atoms with Crippen molar-refractivity contribution in [2.24, 2.45) is 0 Å². The van der Waals surface area contributed by atoms with Gasteiger partial charge in [-0.15, -0.1) is 5.92 Å². The standard InChI is InChI=1S/C20H20O3S/c1-3-5-14-23-17-8-12-19(13-9-17)24-18-10-6-16(7-11-18)15-20(21)22-4-2/h6-13H,4,14-15H2,1-2H3. The summed E-state index contributed by atoms with van der Waals surface area (Å²) in [5.74, 6) is 6.28. The quantitative estimate of drug-likeness (QED) is 0.555. The highest BCUT2D eigenvalue weighted by molar-refractivity contribution is 7.99. The SMILES string of the molecule is CC#CCOc1ccc(Sc2ccc(CC(=O)OCC)cc2)cc1. The molecule has 3 nitrogen and oxygen atoms in total. The van der Waals surface area contributed by atoms with Crippen molar-refractivity contribution < 1.29 is 14.3 Å². The smallest absolute Gasteiger partial charge is 0.310 e. The summed E-state index contributed by atoms with van der Waals surface area (Å²) in [6.45, 7) is 4.43. The predicted octanol–water partition coefficient (Wildman–Crippen LogP) is 4.35. The molecule has 0 radical (unpaired) electrons. The zero-order valence-electron chi connectivity index (χ0n) is 13.9. The van der Waals surface area contributed by atoms with Crippen molar-refractivity contribution in [3.63, 3.8) is 0 Å². The van der Waals surface area contributed by atoms with E-state index in [2.05, 4.69) is 11.8 Å². The van der Waals surface area contributed by atoms with Gasteiger partial charge in [0.15, 0.2) is 0 Å². The minimum Gasteiger partial charge on any atom is -0.481 e. The maximum absolute atomic E-state index is 11.5. The number of ether oxygens (including phenoxy) is 2. The van der Waals surface area contributed by atoms with Crippen LogP contribution >= 0.6 is 11.8 Å². The van der Waals surface area contributed by atoms with Crippen molar-refractivity contribution in [3.8, 4) is 17.6 Å². The molecule has 0 bridgehead atoms. The summed E-state index contributed by atoms with van der Waals surface area (Å²) in [5, 5.41) is 0. The molecule has 0 saturated heterocycles. The van der Waals surface area contributed by atoms with Crippen molar-refractivity contribution in [2.75, 3.05) is 13.2 Å². The molecule has 2 aromatic rings. The highest BCUT2D eigenvalue weighted by atomic mass is 32.2. The third-order valence-corrected chi connectivity index (χ3v) is 4.14. The summed E-state index contributed by atoms with van der Waals surface area (Å²) in [5.41, 5.74) is 0.957. The number of carbonyl (C=O) groups excluding carboxylic acids is 1. The van der Waals surface area contributed by atoms with Crippen LogP contribution in [0.4, 0.5) is 0 Å². The minimum atomic E-state index is -0.193. The van der Waals surface area contributed by atoms with E-state index in [1.807, 2.05) is 55.5 Å². The highest BCUT2D eigenvalue weighted by Crippen LogP contribution is 2.29. The van der Waals surface area contributed by atoms with Gasteiger partial charge in [-0.2, -0.15) is 0 Å². The fraction of sp³-hybridized carbons (Fsp3) is 0.250. The van der Waals surface area contributed by atoms with Gasteiger partial charge in [0.25, 0.3) is 0 Å². The molecule has 2 aromatic carbocycles. The van der Waals surface area contributed by atoms with Crippen LogP contribution in [0.5, 0.6) is 5.75 Å². The van der Waals surface area contributed by atoms with Crippen LogP contribution in [0.1, 0.15) is 19.4 Å². The van der Waals surface area contributed by atoms with Gasteiger partial charge in [0.1, 0.15) is 12.4 Å². The predicted molar refractivity (Wildman–Crippen MR) is 96.3 cm³/mol. The first-order chi connectivity index (χ1) is 11.7. The molecular weight excluding hydrogens is 320 g/mol. The molecule has 0 atom stereocenters. The lowest BCUT2D eigenvalue weighted by molar-refractivity contribution is -0.142. The number of carbonyl (C=O) groups is 1. The molecule has 0 N–H and O–H groups in total. The van der Waals surface area contributed by atoms with E-state index in [1.165, 1.54) is 0 Å². The summed E-state index contributed by atoms with van der Waals surface area (Å²) in [6, 6.07) is 15.9. The Hall–Kier alpha value is -2.38. The number of esters is 1. The Kier molecular flexibility index (Phi) is 7.25. The van der Waals surface area contributed by atoms with Crippen molar-refractivity contribution in [1.29, 1.82) is 0 Å². The fourth-order valence-electron chi connectivity index (χ4n) is 1.99. The molecule has 0 aromatic heterocycles. The maximum atomic E-state index is 11.5. The van der Waals surface area contributed by atoms with E-state index < -0.39 is 0 Å². The van der Waals surface area contributed by atoms with Gasteiger partial charge in [-0.3, -0.25) is 4.79 Å². The first-order valence-electron chi connectivity index (χ1n) is 7.76. The number of hydrogen-bond donors (Lipinski definition) is 0. The van der Waals surface area contributed by atoms with Crippen molar-refractivity contribution in [2.45, 2.75) is 30.1 Å². The third-order valence-electron chi connectivity index (χ3n) is 3.12. The molecule has 0 aliphatic carbocycles. The van der Waals surface area contributed by atoms with E-state index >= 15 is 0 Å². The summed E-state index contributed by atoms with van der Waals surface area (Å²) in [7, 11) is 0. The molecule has 4 heteroatoms. The summed E-state index contributed by atoms with van der Waals surface area (Å²) >= 11 is 1.66. The molecule has 0 spiro atoms. The lowest BCUT2D eigenvalue weighted by Gasteiger charge is -2.06. The van der Waals surface area contributed by atoms with Crippen LogP contribution in [-0.2, 0) is 16.0 Å². The molecule has 0 aliphatic rings. The van der Waals surface area contributed by atoms with Gasteiger partial charge >= 0.3 is 5.97 Å². The average Bonchev–Trinajstić information content (AvgIpc) is 2.59. The monoisotopic (exact) mass is 340 g/mol. The van der Waals surface area contributed by atoms with Gasteiger partial charge in [0.05, 0.1) is 13.0 Å². The van der Waals surface area contributed by atoms with E-state index in [9.17, 15) is 4.79 Å². The molecule has 0 unspecified atom stereocenters. The van der Waals surface area contributed by atoms with Crippen molar-refractivity contribution >= 4 is 17.7 Å². The Labute approximate surface area is 147 Å². The van der Waals surface area contributed by atoms with E-state index in [0.29, 0.717) is 19.6 Å². The normalized spacial score (nSPS) is 9.75. The topological polar surface area (TPSA) is 35.5 Å². The first-order valence-corrected chi connectivity index (χ1v) is 8.57. The van der Waals surface area contributed by atoms with Crippen molar-refractivity contribution in [1.82, 2.24) is 0 Å². The van der Waals surface area contributed by atoms with Gasteiger partial charge in [-0.05, 0) is 55.8 Å². The molecule has 2 rings (SSSR count). The number of hydrogen-bond acceptors (Lipinski definition) is 4. The Balaban J connectivity index is 1.90. The number of benzene rings is 2. The third kappa shape index (κ3) is 6.02. The molecular formula is C20H20O3S. The Morgan fingerprint density at radius 2 is 1.67 bits per heavy atom. The molecule has 124 valence electrons. The van der Waals surface area contributed by atoms with Gasteiger partial charge in [-0.25, -0.2) is 0 Å². The summed E-state index contributed by atoms with van der Waals surface area (Å²) in [4.78, 5) is 13.7. The molecule has 0 amide bonds. The molecule has 0 saturated carbocycles. The molecule has 0 fully saturated rings. The molecule has 24 heavy (non-hydrogen) atoms. The largest absolute Gasteiger partial charge is 0.481 e. The second kappa shape index (κ2) is 9.69. The van der Waals surface area contributed by atoms with Crippen LogP contribution in [0.15, 0.2) is 58.3 Å². The van der Waals surface area contributed by atoms with Gasteiger partial charge in [0, 0.05) is 9.79 Å². The molecule has 0 aliphatic heterocycles. The fourth-order valence-corrected chi connectivity index (χ4v) is 2.80.